The maximum atomic E-state index is 11.4. The van der Waals surface area contributed by atoms with Crippen LogP contribution in [0.4, 0.5) is 0 Å². The molecule has 1 amide bonds. The number of carbonyl (C=O) groups excluding carboxylic acids is 1. The minimum Gasteiger partial charge on any atom is -0.349 e. The molecule has 0 aromatic carbocycles. The number of nitrogens with one attached hydrogen (secondary N) is 2. The Labute approximate surface area is 82.7 Å². The maximum absolute atomic E-state index is 11.4. The first-order chi connectivity index (χ1) is 6.61. The first-order valence-corrected chi connectivity index (χ1v) is 4.41. The van der Waals surface area contributed by atoms with Crippen LogP contribution in [0, 0.1) is 0 Å². The standard InChI is InChI=1S/C8H15N5O/c1-6(13(2)3)4-9-8(14)7-5-10-12-11-7/h5-6H,4H2,1-3H3,(H,9,14)(H,10,11,12). The quantitative estimate of drug-likeness (QED) is 0.681. The molecule has 1 rings (SSSR count). The van der Waals surface area contributed by atoms with Gasteiger partial charge in [0.25, 0.3) is 5.91 Å². The summed E-state index contributed by atoms with van der Waals surface area (Å²) in [6.07, 6.45) is 1.40. The van der Waals surface area contributed by atoms with E-state index in [1.54, 1.807) is 0 Å². The molecular formula is C8H15N5O. The average Bonchev–Trinajstić information content (AvgIpc) is 2.66. The minimum absolute atomic E-state index is 0.201. The number of aromatic amines is 1. The highest BCUT2D eigenvalue weighted by Gasteiger charge is 2.10. The summed E-state index contributed by atoms with van der Waals surface area (Å²) in [5.74, 6) is -0.201. The van der Waals surface area contributed by atoms with Crippen LogP contribution in [0.3, 0.4) is 0 Å². The summed E-state index contributed by atoms with van der Waals surface area (Å²) >= 11 is 0. The summed E-state index contributed by atoms with van der Waals surface area (Å²) in [5, 5.41) is 12.4. The Kier molecular flexibility index (Phi) is 3.58. The predicted molar refractivity (Wildman–Crippen MR) is 51.9 cm³/mol. The topological polar surface area (TPSA) is 73.9 Å². The van der Waals surface area contributed by atoms with E-state index in [2.05, 4.69) is 20.7 Å². The SMILES string of the molecule is CC(CNC(=O)c1cn[nH]n1)N(C)C. The van der Waals surface area contributed by atoms with Crippen molar-refractivity contribution in [3.63, 3.8) is 0 Å². The van der Waals surface area contributed by atoms with Gasteiger partial charge in [-0.25, -0.2) is 0 Å². The summed E-state index contributed by atoms with van der Waals surface area (Å²) in [6.45, 7) is 2.63. The second-order valence-electron chi connectivity index (χ2n) is 3.38. The van der Waals surface area contributed by atoms with Crippen LogP contribution in [0.25, 0.3) is 0 Å². The number of nitrogens with zero attached hydrogens (tertiary/aromatic N) is 3. The van der Waals surface area contributed by atoms with E-state index < -0.39 is 0 Å². The van der Waals surface area contributed by atoms with Gasteiger partial charge in [-0.2, -0.15) is 15.4 Å². The Morgan fingerprint density at radius 3 is 2.93 bits per heavy atom. The Morgan fingerprint density at radius 1 is 1.71 bits per heavy atom. The zero-order valence-corrected chi connectivity index (χ0v) is 8.61. The molecule has 6 heteroatoms. The van der Waals surface area contributed by atoms with Crippen LogP contribution in [0.2, 0.25) is 0 Å². The molecule has 1 heterocycles. The third-order valence-electron chi connectivity index (χ3n) is 2.09. The lowest BCUT2D eigenvalue weighted by atomic mass is 10.3. The fraction of sp³-hybridized carbons (Fsp3) is 0.625. The fourth-order valence-corrected chi connectivity index (χ4v) is 0.825. The van der Waals surface area contributed by atoms with E-state index in [-0.39, 0.29) is 5.91 Å². The van der Waals surface area contributed by atoms with Crippen molar-refractivity contribution < 1.29 is 4.79 Å². The van der Waals surface area contributed by atoms with Crippen LogP contribution in [-0.2, 0) is 0 Å². The zero-order valence-electron chi connectivity index (χ0n) is 8.61. The largest absolute Gasteiger partial charge is 0.349 e. The molecule has 0 fully saturated rings. The lowest BCUT2D eigenvalue weighted by molar-refractivity contribution is 0.0938. The minimum atomic E-state index is -0.201. The third kappa shape index (κ3) is 2.81. The van der Waals surface area contributed by atoms with E-state index >= 15 is 0 Å². The molecule has 6 nitrogen and oxygen atoms in total. The van der Waals surface area contributed by atoms with E-state index in [4.69, 9.17) is 0 Å². The van der Waals surface area contributed by atoms with E-state index in [1.807, 2.05) is 25.9 Å². The van der Waals surface area contributed by atoms with Crippen molar-refractivity contribution in [2.75, 3.05) is 20.6 Å². The number of likely N-dealkylation sites (N-methyl/N-ethyl adjacent to an activating group) is 1. The molecule has 1 aromatic heterocycles. The van der Waals surface area contributed by atoms with Crippen LogP contribution in [0.1, 0.15) is 17.4 Å². The Morgan fingerprint density at radius 2 is 2.43 bits per heavy atom. The molecular weight excluding hydrogens is 182 g/mol. The Bertz CT molecular complexity index is 282. The van der Waals surface area contributed by atoms with Crippen molar-refractivity contribution >= 4 is 5.91 Å². The first kappa shape index (κ1) is 10.6. The van der Waals surface area contributed by atoms with Crippen LogP contribution in [0.5, 0.6) is 0 Å². The number of hydrogen-bond donors (Lipinski definition) is 2. The molecule has 2 N–H and O–H groups in total. The second kappa shape index (κ2) is 4.71. The van der Waals surface area contributed by atoms with Gasteiger partial charge in [0.1, 0.15) is 0 Å². The number of rotatable bonds is 4. The van der Waals surface area contributed by atoms with Crippen LogP contribution in [-0.4, -0.2) is 52.9 Å². The number of carbonyl (C=O) groups is 1. The van der Waals surface area contributed by atoms with Crippen molar-refractivity contribution in [3.8, 4) is 0 Å². The molecule has 0 radical (unpaired) electrons. The summed E-state index contributed by atoms with van der Waals surface area (Å²) in [4.78, 5) is 13.4. The highest BCUT2D eigenvalue weighted by Crippen LogP contribution is 1.91. The molecule has 78 valence electrons. The van der Waals surface area contributed by atoms with Gasteiger partial charge in [-0.3, -0.25) is 4.79 Å². The van der Waals surface area contributed by atoms with Gasteiger partial charge in [0.05, 0.1) is 6.20 Å². The molecule has 14 heavy (non-hydrogen) atoms. The Balaban J connectivity index is 2.36. The van der Waals surface area contributed by atoms with Gasteiger partial charge in [-0.15, -0.1) is 0 Å². The fourth-order valence-electron chi connectivity index (χ4n) is 0.825. The van der Waals surface area contributed by atoms with Gasteiger partial charge in [-0.1, -0.05) is 0 Å². The van der Waals surface area contributed by atoms with Crippen molar-refractivity contribution in [3.05, 3.63) is 11.9 Å². The molecule has 0 saturated carbocycles. The van der Waals surface area contributed by atoms with E-state index in [1.165, 1.54) is 6.20 Å². The van der Waals surface area contributed by atoms with Gasteiger partial charge in [0.15, 0.2) is 5.69 Å². The molecule has 0 spiro atoms. The third-order valence-corrected chi connectivity index (χ3v) is 2.09. The summed E-state index contributed by atoms with van der Waals surface area (Å²) in [5.41, 5.74) is 0.316. The monoisotopic (exact) mass is 197 g/mol. The molecule has 1 unspecified atom stereocenters. The van der Waals surface area contributed by atoms with Crippen molar-refractivity contribution in [2.45, 2.75) is 13.0 Å². The molecule has 0 aliphatic carbocycles. The molecule has 1 atom stereocenters. The number of aromatic nitrogens is 3. The summed E-state index contributed by atoms with van der Waals surface area (Å²) in [7, 11) is 3.93. The highest BCUT2D eigenvalue weighted by molar-refractivity contribution is 5.91. The molecule has 0 saturated heterocycles. The first-order valence-electron chi connectivity index (χ1n) is 4.41. The number of amides is 1. The smallest absolute Gasteiger partial charge is 0.273 e. The lowest BCUT2D eigenvalue weighted by Crippen LogP contribution is -2.38. The maximum Gasteiger partial charge on any atom is 0.273 e. The van der Waals surface area contributed by atoms with E-state index in [0.29, 0.717) is 18.3 Å². The number of H-pyrrole nitrogens is 1. The van der Waals surface area contributed by atoms with Crippen LogP contribution >= 0.6 is 0 Å². The molecule has 1 aromatic rings. The normalized spacial score (nSPS) is 12.9. The van der Waals surface area contributed by atoms with Gasteiger partial charge in [0, 0.05) is 12.6 Å². The van der Waals surface area contributed by atoms with Gasteiger partial charge >= 0.3 is 0 Å². The molecule has 0 aliphatic rings. The van der Waals surface area contributed by atoms with E-state index in [0.717, 1.165) is 0 Å². The van der Waals surface area contributed by atoms with E-state index in [9.17, 15) is 4.79 Å². The molecule has 0 bridgehead atoms. The van der Waals surface area contributed by atoms with Gasteiger partial charge in [0.2, 0.25) is 0 Å². The Hall–Kier alpha value is -1.43. The van der Waals surface area contributed by atoms with Crippen molar-refractivity contribution in [1.29, 1.82) is 0 Å². The second-order valence-corrected chi connectivity index (χ2v) is 3.38. The highest BCUT2D eigenvalue weighted by atomic mass is 16.2. The van der Waals surface area contributed by atoms with Gasteiger partial charge < -0.3 is 10.2 Å². The van der Waals surface area contributed by atoms with Crippen molar-refractivity contribution in [1.82, 2.24) is 25.6 Å². The number of hydrogen-bond acceptors (Lipinski definition) is 4. The average molecular weight is 197 g/mol. The van der Waals surface area contributed by atoms with Crippen LogP contribution in [0.15, 0.2) is 6.20 Å². The summed E-state index contributed by atoms with van der Waals surface area (Å²) in [6, 6.07) is 0.297. The van der Waals surface area contributed by atoms with Crippen LogP contribution < -0.4 is 5.32 Å². The summed E-state index contributed by atoms with van der Waals surface area (Å²) < 4.78 is 0. The lowest BCUT2D eigenvalue weighted by Gasteiger charge is -2.19. The zero-order chi connectivity index (χ0) is 10.6. The predicted octanol–water partition coefficient (Wildman–Crippen LogP) is -0.515. The van der Waals surface area contributed by atoms with Gasteiger partial charge in [-0.05, 0) is 21.0 Å². The molecule has 0 aliphatic heterocycles. The van der Waals surface area contributed by atoms with Crippen molar-refractivity contribution in [2.24, 2.45) is 0 Å².